The summed E-state index contributed by atoms with van der Waals surface area (Å²) in [5.41, 5.74) is 0. The Balaban J connectivity index is 1.70. The largest absolute Gasteiger partial charge is 0.867 e. The zero-order valence-electron chi connectivity index (χ0n) is 9.22. The van der Waals surface area contributed by atoms with E-state index in [4.69, 9.17) is 14.0 Å². The second kappa shape index (κ2) is 5.03. The SMILES string of the molecule is c1[nH]nnc1OB(Oc1c[nH]nn1)Oc1c[nH]nn1. The predicted octanol–water partition coefficient (Wildman–Crippen LogP) is -1.44. The van der Waals surface area contributed by atoms with Crippen LogP contribution in [-0.4, -0.2) is 53.6 Å². The van der Waals surface area contributed by atoms with Crippen LogP contribution in [0.3, 0.4) is 0 Å². The van der Waals surface area contributed by atoms with Crippen LogP contribution in [0, 0.1) is 0 Å². The van der Waals surface area contributed by atoms with Crippen LogP contribution >= 0.6 is 0 Å². The van der Waals surface area contributed by atoms with E-state index in [0.717, 1.165) is 0 Å². The van der Waals surface area contributed by atoms with Crippen LogP contribution < -0.4 is 14.0 Å². The number of hydrogen-bond acceptors (Lipinski definition) is 9. The highest BCUT2D eigenvalue weighted by Crippen LogP contribution is 2.10. The fourth-order valence-electron chi connectivity index (χ4n) is 1.11. The number of aromatic nitrogens is 9. The van der Waals surface area contributed by atoms with Crippen LogP contribution in [0.1, 0.15) is 0 Å². The van der Waals surface area contributed by atoms with E-state index in [-0.39, 0.29) is 17.6 Å². The van der Waals surface area contributed by atoms with E-state index < -0.39 is 7.32 Å². The number of hydrogen-bond donors (Lipinski definition) is 3. The highest BCUT2D eigenvalue weighted by Gasteiger charge is 2.33. The molecule has 0 atom stereocenters. The van der Waals surface area contributed by atoms with Crippen molar-refractivity contribution in [2.24, 2.45) is 0 Å². The molecule has 3 aromatic rings. The molecule has 12 nitrogen and oxygen atoms in total. The van der Waals surface area contributed by atoms with E-state index >= 15 is 0 Å². The Labute approximate surface area is 105 Å². The normalized spacial score (nSPS) is 10.1. The summed E-state index contributed by atoms with van der Waals surface area (Å²) in [5, 5.41) is 28.8. The summed E-state index contributed by atoms with van der Waals surface area (Å²) in [5.74, 6) is 0.533. The molecule has 0 amide bonds. The number of nitrogens with one attached hydrogen (secondary N) is 3. The third kappa shape index (κ3) is 2.77. The molecule has 0 spiro atoms. The van der Waals surface area contributed by atoms with E-state index in [1.165, 1.54) is 18.6 Å². The van der Waals surface area contributed by atoms with Gasteiger partial charge in [0.25, 0.3) is 0 Å². The lowest BCUT2D eigenvalue weighted by molar-refractivity contribution is 0.292. The molecule has 3 heterocycles. The van der Waals surface area contributed by atoms with Gasteiger partial charge in [-0.05, 0) is 0 Å². The minimum Gasteiger partial charge on any atom is -0.472 e. The first kappa shape index (κ1) is 11.0. The van der Waals surface area contributed by atoms with E-state index in [0.29, 0.717) is 0 Å². The Hall–Kier alpha value is -3.12. The first-order chi connectivity index (χ1) is 9.40. The topological polar surface area (TPSA) is 152 Å². The minimum absolute atomic E-state index is 0.178. The van der Waals surface area contributed by atoms with E-state index in [1.807, 2.05) is 0 Å². The molecule has 3 rings (SSSR count). The van der Waals surface area contributed by atoms with Crippen molar-refractivity contribution in [1.82, 2.24) is 46.2 Å². The minimum atomic E-state index is -1.18. The third-order valence-electron chi connectivity index (χ3n) is 1.83. The Kier molecular flexibility index (Phi) is 2.91. The maximum Gasteiger partial charge on any atom is 0.867 e. The van der Waals surface area contributed by atoms with Gasteiger partial charge in [0.1, 0.15) is 0 Å². The standard InChI is InChI=1S/C6H6BN9O3/c1-4(11-14-8-1)17-7(18-5-2-9-15-12-5)19-6-3-10-16-13-6/h1-3H,(H,8,11,14)(H,9,12,15)(H,10,13,16). The highest BCUT2D eigenvalue weighted by atomic mass is 16.7. The number of aromatic amines is 3. The van der Waals surface area contributed by atoms with Crippen molar-refractivity contribution < 1.29 is 14.0 Å². The van der Waals surface area contributed by atoms with Gasteiger partial charge in [0.2, 0.25) is 17.6 Å². The van der Waals surface area contributed by atoms with Gasteiger partial charge < -0.3 is 14.0 Å². The van der Waals surface area contributed by atoms with Crippen LogP contribution in [0.2, 0.25) is 0 Å². The van der Waals surface area contributed by atoms with E-state index in [1.54, 1.807) is 0 Å². The van der Waals surface area contributed by atoms with Crippen LogP contribution in [0.15, 0.2) is 18.6 Å². The summed E-state index contributed by atoms with van der Waals surface area (Å²) < 4.78 is 15.9. The molecule has 0 unspecified atom stereocenters. The van der Waals surface area contributed by atoms with Crippen LogP contribution in [0.4, 0.5) is 0 Å². The Morgan fingerprint density at radius 2 is 1.05 bits per heavy atom. The molecular formula is C6H6BN9O3. The Morgan fingerprint density at radius 1 is 0.684 bits per heavy atom. The zero-order chi connectivity index (χ0) is 12.9. The summed E-state index contributed by atoms with van der Waals surface area (Å²) in [4.78, 5) is 0. The van der Waals surface area contributed by atoms with Gasteiger partial charge in [-0.2, -0.15) is 0 Å². The van der Waals surface area contributed by atoms with Gasteiger partial charge in [0.15, 0.2) is 0 Å². The Morgan fingerprint density at radius 3 is 1.32 bits per heavy atom. The van der Waals surface area contributed by atoms with Crippen molar-refractivity contribution >= 4 is 7.32 Å². The smallest absolute Gasteiger partial charge is 0.472 e. The van der Waals surface area contributed by atoms with Crippen LogP contribution in [-0.2, 0) is 0 Å². The molecule has 0 aliphatic heterocycles. The number of H-pyrrole nitrogens is 3. The average molecular weight is 263 g/mol. The lowest BCUT2D eigenvalue weighted by Gasteiger charge is -2.10. The molecular weight excluding hydrogens is 257 g/mol. The summed E-state index contributed by atoms with van der Waals surface area (Å²) in [6, 6.07) is 0. The second-order valence-corrected chi connectivity index (χ2v) is 3.08. The number of nitrogens with zero attached hydrogens (tertiary/aromatic N) is 6. The van der Waals surface area contributed by atoms with Crippen molar-refractivity contribution in [1.29, 1.82) is 0 Å². The first-order valence-corrected chi connectivity index (χ1v) is 4.99. The fraction of sp³-hybridized carbons (Fsp3) is 0. The number of rotatable bonds is 6. The summed E-state index contributed by atoms with van der Waals surface area (Å²) in [6.45, 7) is 0. The van der Waals surface area contributed by atoms with Crippen LogP contribution in [0.5, 0.6) is 17.6 Å². The van der Waals surface area contributed by atoms with Gasteiger partial charge in [-0.25, -0.2) is 0 Å². The molecule has 3 N–H and O–H groups in total. The molecule has 0 saturated carbocycles. The highest BCUT2D eigenvalue weighted by molar-refractivity contribution is 6.39. The van der Waals surface area contributed by atoms with Gasteiger partial charge in [0.05, 0.1) is 18.6 Å². The van der Waals surface area contributed by atoms with Gasteiger partial charge in [-0.1, -0.05) is 30.9 Å². The molecule has 96 valence electrons. The first-order valence-electron chi connectivity index (χ1n) is 4.99. The molecule has 0 radical (unpaired) electrons. The van der Waals surface area contributed by atoms with E-state index in [2.05, 4.69) is 46.2 Å². The maximum absolute atomic E-state index is 5.29. The zero-order valence-corrected chi connectivity index (χ0v) is 9.22. The summed E-state index contributed by atoms with van der Waals surface area (Å²) in [6.07, 6.45) is 4.27. The third-order valence-corrected chi connectivity index (χ3v) is 1.83. The summed E-state index contributed by atoms with van der Waals surface area (Å²) in [7, 11) is -1.18. The summed E-state index contributed by atoms with van der Waals surface area (Å²) >= 11 is 0. The van der Waals surface area contributed by atoms with Gasteiger partial charge in [-0.15, -0.1) is 0 Å². The average Bonchev–Trinajstić information content (AvgIpc) is 3.10. The van der Waals surface area contributed by atoms with Crippen molar-refractivity contribution in [3.05, 3.63) is 18.6 Å². The molecule has 3 aromatic heterocycles. The molecule has 13 heteroatoms. The van der Waals surface area contributed by atoms with Crippen LogP contribution in [0.25, 0.3) is 0 Å². The van der Waals surface area contributed by atoms with Crippen molar-refractivity contribution in [3.8, 4) is 17.6 Å². The lowest BCUT2D eigenvalue weighted by Crippen LogP contribution is -2.37. The maximum atomic E-state index is 5.29. The Bertz CT molecular complexity index is 495. The molecule has 0 bridgehead atoms. The molecule has 0 fully saturated rings. The molecule has 19 heavy (non-hydrogen) atoms. The fourth-order valence-corrected chi connectivity index (χ4v) is 1.11. The molecule has 0 saturated heterocycles. The van der Waals surface area contributed by atoms with Gasteiger partial charge in [-0.3, -0.25) is 15.3 Å². The van der Waals surface area contributed by atoms with E-state index in [9.17, 15) is 0 Å². The van der Waals surface area contributed by atoms with Crippen molar-refractivity contribution in [2.75, 3.05) is 0 Å². The second-order valence-electron chi connectivity index (χ2n) is 3.08. The predicted molar refractivity (Wildman–Crippen MR) is 56.8 cm³/mol. The molecule has 0 aliphatic carbocycles. The lowest BCUT2D eigenvalue weighted by atomic mass is 10.2. The van der Waals surface area contributed by atoms with Crippen molar-refractivity contribution in [2.45, 2.75) is 0 Å². The molecule has 0 aliphatic rings. The molecule has 0 aromatic carbocycles. The van der Waals surface area contributed by atoms with Crippen molar-refractivity contribution in [3.63, 3.8) is 0 Å². The van der Waals surface area contributed by atoms with Gasteiger partial charge >= 0.3 is 7.32 Å². The van der Waals surface area contributed by atoms with Gasteiger partial charge in [0, 0.05) is 0 Å². The quantitative estimate of drug-likeness (QED) is 0.453. The monoisotopic (exact) mass is 263 g/mol.